The Morgan fingerprint density at radius 2 is 1.81 bits per heavy atom. The number of ether oxygens (including phenoxy) is 1. The number of carbonyl (C=O) groups is 1. The Kier molecular flexibility index (Phi) is 4.95. The van der Waals surface area contributed by atoms with Crippen molar-refractivity contribution in [3.05, 3.63) is 41.6 Å². The number of nitrogens with zero attached hydrogens (tertiary/aromatic N) is 2. The first kappa shape index (κ1) is 14.6. The van der Waals surface area contributed by atoms with Crippen molar-refractivity contribution in [2.75, 3.05) is 5.32 Å². The number of rotatable bonds is 4. The highest BCUT2D eigenvalue weighted by molar-refractivity contribution is 5.90. The second-order valence-corrected chi connectivity index (χ2v) is 4.82. The van der Waals surface area contributed by atoms with Gasteiger partial charge in [0.15, 0.2) is 0 Å². The minimum Gasteiger partial charge on any atom is -0.459 e. The zero-order valence-corrected chi connectivity index (χ0v) is 11.5. The molecule has 0 spiro atoms. The van der Waals surface area contributed by atoms with E-state index in [9.17, 15) is 4.79 Å². The number of hydrogen-bond donors (Lipinski definition) is 1. The van der Waals surface area contributed by atoms with E-state index >= 15 is 0 Å². The molecule has 0 atom stereocenters. The fraction of sp³-hybridized carbons (Fsp3) is 0.312. The van der Waals surface area contributed by atoms with Gasteiger partial charge in [0.25, 0.3) is 0 Å². The Morgan fingerprint density at radius 3 is 2.38 bits per heavy atom. The Bertz CT molecular complexity index is 598. The second-order valence-electron chi connectivity index (χ2n) is 4.82. The molecule has 0 amide bonds. The third-order valence-electron chi connectivity index (χ3n) is 3.32. The summed E-state index contributed by atoms with van der Waals surface area (Å²) in [5, 5.41) is 20.1. The van der Waals surface area contributed by atoms with Crippen LogP contribution in [0.15, 0.2) is 36.0 Å². The van der Waals surface area contributed by atoms with Crippen LogP contribution < -0.4 is 5.32 Å². The number of hydrogen-bond acceptors (Lipinski definition) is 5. The van der Waals surface area contributed by atoms with Crippen LogP contribution in [0.1, 0.15) is 36.0 Å². The highest BCUT2D eigenvalue weighted by Gasteiger charge is 2.19. The van der Waals surface area contributed by atoms with Crippen LogP contribution in [0.4, 0.5) is 5.69 Å². The van der Waals surface area contributed by atoms with Gasteiger partial charge in [-0.2, -0.15) is 10.5 Å². The quantitative estimate of drug-likeness (QED) is 0.676. The first-order chi connectivity index (χ1) is 10.2. The fourth-order valence-electron chi connectivity index (χ4n) is 2.17. The molecule has 1 aromatic carbocycles. The lowest BCUT2D eigenvalue weighted by atomic mass is 10.2. The summed E-state index contributed by atoms with van der Waals surface area (Å²) in [6, 6.07) is 10.2. The van der Waals surface area contributed by atoms with Crippen molar-refractivity contribution >= 4 is 11.7 Å². The molecule has 2 rings (SSSR count). The van der Waals surface area contributed by atoms with Gasteiger partial charge in [-0.1, -0.05) is 0 Å². The van der Waals surface area contributed by atoms with E-state index in [1.807, 2.05) is 0 Å². The SMILES string of the molecule is N#CC(C#N)=CNc1ccc(C(=O)OC2CCCC2)cc1. The zero-order chi connectivity index (χ0) is 15.1. The van der Waals surface area contributed by atoms with Gasteiger partial charge in [0, 0.05) is 11.9 Å². The van der Waals surface area contributed by atoms with Gasteiger partial charge in [0.05, 0.1) is 5.56 Å². The van der Waals surface area contributed by atoms with Gasteiger partial charge < -0.3 is 10.1 Å². The number of esters is 1. The molecule has 1 fully saturated rings. The summed E-state index contributed by atoms with van der Waals surface area (Å²) >= 11 is 0. The van der Waals surface area contributed by atoms with Crippen molar-refractivity contribution in [1.29, 1.82) is 10.5 Å². The molecule has 1 aromatic rings. The van der Waals surface area contributed by atoms with E-state index in [0.29, 0.717) is 11.3 Å². The predicted molar refractivity (Wildman–Crippen MR) is 77.0 cm³/mol. The average molecular weight is 281 g/mol. The molecule has 0 saturated heterocycles. The lowest BCUT2D eigenvalue weighted by molar-refractivity contribution is 0.0318. The van der Waals surface area contributed by atoms with E-state index in [1.165, 1.54) is 6.20 Å². The summed E-state index contributed by atoms with van der Waals surface area (Å²) in [6.45, 7) is 0. The van der Waals surface area contributed by atoms with Crippen LogP contribution in [0.25, 0.3) is 0 Å². The molecule has 1 N–H and O–H groups in total. The number of carbonyl (C=O) groups excluding carboxylic acids is 1. The third-order valence-corrected chi connectivity index (χ3v) is 3.32. The van der Waals surface area contributed by atoms with Crippen molar-refractivity contribution in [3.63, 3.8) is 0 Å². The lowest BCUT2D eigenvalue weighted by Crippen LogP contribution is -2.14. The highest BCUT2D eigenvalue weighted by Crippen LogP contribution is 2.22. The Hall–Kier alpha value is -2.79. The highest BCUT2D eigenvalue weighted by atomic mass is 16.5. The lowest BCUT2D eigenvalue weighted by Gasteiger charge is -2.11. The summed E-state index contributed by atoms with van der Waals surface area (Å²) < 4.78 is 5.41. The van der Waals surface area contributed by atoms with Gasteiger partial charge in [-0.3, -0.25) is 0 Å². The summed E-state index contributed by atoms with van der Waals surface area (Å²) in [6.07, 6.45) is 5.50. The predicted octanol–water partition coefficient (Wildman–Crippen LogP) is 3.13. The molecule has 0 heterocycles. The van der Waals surface area contributed by atoms with Crippen LogP contribution in [-0.4, -0.2) is 12.1 Å². The number of anilines is 1. The van der Waals surface area contributed by atoms with E-state index in [2.05, 4.69) is 5.32 Å². The van der Waals surface area contributed by atoms with Crippen molar-refractivity contribution in [3.8, 4) is 12.1 Å². The van der Waals surface area contributed by atoms with E-state index in [-0.39, 0.29) is 17.6 Å². The molecule has 21 heavy (non-hydrogen) atoms. The van der Waals surface area contributed by atoms with Gasteiger partial charge in [0.1, 0.15) is 23.8 Å². The first-order valence-electron chi connectivity index (χ1n) is 6.81. The van der Waals surface area contributed by atoms with Crippen LogP contribution in [0.3, 0.4) is 0 Å². The van der Waals surface area contributed by atoms with Crippen LogP contribution in [0.5, 0.6) is 0 Å². The maximum atomic E-state index is 11.9. The summed E-state index contributed by atoms with van der Waals surface area (Å²) in [5.74, 6) is -0.307. The molecule has 1 saturated carbocycles. The molecular formula is C16H15N3O2. The van der Waals surface area contributed by atoms with Crippen LogP contribution in [0.2, 0.25) is 0 Å². The van der Waals surface area contributed by atoms with Crippen molar-refractivity contribution < 1.29 is 9.53 Å². The molecule has 5 nitrogen and oxygen atoms in total. The van der Waals surface area contributed by atoms with Crippen molar-refractivity contribution in [2.24, 2.45) is 0 Å². The van der Waals surface area contributed by atoms with E-state index in [1.54, 1.807) is 36.4 Å². The fourth-order valence-corrected chi connectivity index (χ4v) is 2.17. The van der Waals surface area contributed by atoms with Crippen molar-refractivity contribution in [1.82, 2.24) is 0 Å². The molecule has 0 aliphatic heterocycles. The van der Waals surface area contributed by atoms with Gasteiger partial charge in [-0.25, -0.2) is 4.79 Å². The van der Waals surface area contributed by atoms with Gasteiger partial charge in [0.2, 0.25) is 0 Å². The Labute approximate surface area is 123 Å². The van der Waals surface area contributed by atoms with Gasteiger partial charge in [-0.05, 0) is 49.9 Å². The minimum atomic E-state index is -0.307. The number of allylic oxidation sites excluding steroid dienone is 1. The number of benzene rings is 1. The molecule has 0 unspecified atom stereocenters. The Balaban J connectivity index is 1.95. The molecule has 0 radical (unpaired) electrons. The standard InChI is InChI=1S/C16H15N3O2/c17-9-12(10-18)11-19-14-7-5-13(6-8-14)16(20)21-15-3-1-2-4-15/h5-8,11,15,19H,1-4H2. The topological polar surface area (TPSA) is 85.9 Å². The summed E-state index contributed by atoms with van der Waals surface area (Å²) in [7, 11) is 0. The largest absolute Gasteiger partial charge is 0.459 e. The average Bonchev–Trinajstić information content (AvgIpc) is 3.02. The van der Waals surface area contributed by atoms with Gasteiger partial charge in [-0.15, -0.1) is 0 Å². The summed E-state index contributed by atoms with van der Waals surface area (Å²) in [5.41, 5.74) is 1.17. The van der Waals surface area contributed by atoms with E-state index < -0.39 is 0 Å². The monoisotopic (exact) mass is 281 g/mol. The zero-order valence-electron chi connectivity index (χ0n) is 11.5. The van der Waals surface area contributed by atoms with Crippen molar-refractivity contribution in [2.45, 2.75) is 31.8 Å². The van der Waals surface area contributed by atoms with Crippen LogP contribution in [-0.2, 0) is 4.74 Å². The number of nitriles is 2. The maximum absolute atomic E-state index is 11.9. The molecular weight excluding hydrogens is 266 g/mol. The molecule has 1 aliphatic carbocycles. The van der Waals surface area contributed by atoms with Gasteiger partial charge >= 0.3 is 5.97 Å². The maximum Gasteiger partial charge on any atom is 0.338 e. The number of nitrogens with one attached hydrogen (secondary N) is 1. The third kappa shape index (κ3) is 4.09. The first-order valence-corrected chi connectivity index (χ1v) is 6.81. The van der Waals surface area contributed by atoms with E-state index in [0.717, 1.165) is 25.7 Å². The van der Waals surface area contributed by atoms with Crippen LogP contribution in [0, 0.1) is 22.7 Å². The minimum absolute atomic E-state index is 0.0141. The molecule has 1 aliphatic rings. The van der Waals surface area contributed by atoms with Crippen LogP contribution >= 0.6 is 0 Å². The molecule has 0 aromatic heterocycles. The summed E-state index contributed by atoms with van der Waals surface area (Å²) in [4.78, 5) is 11.9. The molecule has 5 heteroatoms. The van der Waals surface area contributed by atoms with E-state index in [4.69, 9.17) is 15.3 Å². The molecule has 106 valence electrons. The second kappa shape index (κ2) is 7.12. The smallest absolute Gasteiger partial charge is 0.338 e. The molecule has 0 bridgehead atoms. The Morgan fingerprint density at radius 1 is 1.19 bits per heavy atom. The normalized spacial score (nSPS) is 13.8.